The molecule has 1 unspecified atom stereocenters. The van der Waals surface area contributed by atoms with E-state index in [1.165, 1.54) is 0 Å². The minimum absolute atomic E-state index is 0.157. The fourth-order valence-electron chi connectivity index (χ4n) is 1.41. The SMILES string of the molecule is [CH]C(=O)N1CCCC(CO)C1. The second-order valence-electron chi connectivity index (χ2n) is 2.98. The van der Waals surface area contributed by atoms with Gasteiger partial charge in [-0.2, -0.15) is 0 Å². The molecule has 0 aliphatic carbocycles. The molecule has 3 nitrogen and oxygen atoms in total. The number of hydrogen-bond donors (Lipinski definition) is 1. The molecule has 2 radical (unpaired) electrons. The lowest BCUT2D eigenvalue weighted by Gasteiger charge is -2.30. The average Bonchev–Trinajstić information content (AvgIpc) is 2.05. The highest BCUT2D eigenvalue weighted by Gasteiger charge is 2.20. The van der Waals surface area contributed by atoms with Gasteiger partial charge in [0.2, 0.25) is 5.91 Å². The largest absolute Gasteiger partial charge is 0.396 e. The van der Waals surface area contributed by atoms with E-state index in [0.717, 1.165) is 19.4 Å². The molecule has 0 spiro atoms. The molecular formula is C8H13NO2. The fraction of sp³-hybridized carbons (Fsp3) is 0.750. The van der Waals surface area contributed by atoms with Crippen LogP contribution in [0.4, 0.5) is 0 Å². The summed E-state index contributed by atoms with van der Waals surface area (Å²) in [6.45, 7) is 6.60. The topological polar surface area (TPSA) is 40.5 Å². The molecule has 11 heavy (non-hydrogen) atoms. The molecule has 1 heterocycles. The Bertz CT molecular complexity index is 147. The minimum Gasteiger partial charge on any atom is -0.396 e. The minimum atomic E-state index is -0.372. The molecule has 1 N–H and O–H groups in total. The molecule has 1 aliphatic heterocycles. The van der Waals surface area contributed by atoms with Gasteiger partial charge >= 0.3 is 0 Å². The second-order valence-corrected chi connectivity index (χ2v) is 2.98. The fourth-order valence-corrected chi connectivity index (χ4v) is 1.41. The van der Waals surface area contributed by atoms with Crippen molar-refractivity contribution in [3.8, 4) is 0 Å². The van der Waals surface area contributed by atoms with Crippen LogP contribution in [-0.2, 0) is 4.79 Å². The van der Waals surface area contributed by atoms with Gasteiger partial charge in [0.25, 0.3) is 0 Å². The Balaban J connectivity index is 2.39. The van der Waals surface area contributed by atoms with Crippen molar-refractivity contribution in [2.24, 2.45) is 5.92 Å². The average molecular weight is 155 g/mol. The summed E-state index contributed by atoms with van der Waals surface area (Å²) in [5, 5.41) is 8.81. The van der Waals surface area contributed by atoms with Crippen LogP contribution >= 0.6 is 0 Å². The van der Waals surface area contributed by atoms with Crippen LogP contribution in [0, 0.1) is 12.8 Å². The lowest BCUT2D eigenvalue weighted by atomic mass is 9.99. The maximum atomic E-state index is 10.7. The van der Waals surface area contributed by atoms with E-state index in [1.807, 2.05) is 0 Å². The van der Waals surface area contributed by atoms with Gasteiger partial charge in [0.1, 0.15) is 0 Å². The van der Waals surface area contributed by atoms with E-state index in [4.69, 9.17) is 12.0 Å². The lowest BCUT2D eigenvalue weighted by molar-refractivity contribution is -0.128. The standard InChI is InChI=1S/C8H13NO2/c1-7(11)9-4-2-3-8(5-9)6-10/h1,8,10H,2-6H2. The van der Waals surface area contributed by atoms with Crippen LogP contribution in [0.5, 0.6) is 0 Å². The number of aliphatic hydroxyl groups excluding tert-OH is 1. The number of hydrogen-bond acceptors (Lipinski definition) is 2. The third kappa shape index (κ3) is 2.19. The third-order valence-corrected chi connectivity index (χ3v) is 2.09. The van der Waals surface area contributed by atoms with Crippen LogP contribution < -0.4 is 0 Å². The Hall–Kier alpha value is -0.570. The molecule has 0 bridgehead atoms. The van der Waals surface area contributed by atoms with Crippen molar-refractivity contribution < 1.29 is 9.90 Å². The van der Waals surface area contributed by atoms with Gasteiger partial charge in [-0.3, -0.25) is 4.79 Å². The number of aliphatic hydroxyl groups is 1. The van der Waals surface area contributed by atoms with Crippen LogP contribution in [0.15, 0.2) is 0 Å². The Kier molecular flexibility index (Phi) is 2.88. The van der Waals surface area contributed by atoms with E-state index >= 15 is 0 Å². The van der Waals surface area contributed by atoms with E-state index in [2.05, 4.69) is 0 Å². The molecule has 0 aromatic heterocycles. The summed E-state index contributed by atoms with van der Waals surface area (Å²) in [6.07, 6.45) is 1.95. The number of nitrogens with zero attached hydrogens (tertiary/aromatic N) is 1. The number of amides is 1. The first kappa shape index (κ1) is 8.53. The first-order chi connectivity index (χ1) is 5.24. The van der Waals surface area contributed by atoms with Crippen molar-refractivity contribution in [1.82, 2.24) is 4.90 Å². The monoisotopic (exact) mass is 155 g/mol. The van der Waals surface area contributed by atoms with E-state index < -0.39 is 0 Å². The molecule has 1 amide bonds. The van der Waals surface area contributed by atoms with Gasteiger partial charge in [-0.25, -0.2) is 0 Å². The van der Waals surface area contributed by atoms with E-state index in [-0.39, 0.29) is 18.4 Å². The zero-order chi connectivity index (χ0) is 8.27. The molecular weight excluding hydrogens is 142 g/mol. The van der Waals surface area contributed by atoms with Gasteiger partial charge < -0.3 is 10.0 Å². The molecule has 0 aromatic rings. The Morgan fingerprint density at radius 2 is 2.45 bits per heavy atom. The number of piperidine rings is 1. The molecule has 1 atom stereocenters. The van der Waals surface area contributed by atoms with Crippen molar-refractivity contribution in [3.63, 3.8) is 0 Å². The van der Waals surface area contributed by atoms with Gasteiger partial charge in [0.15, 0.2) is 0 Å². The van der Waals surface area contributed by atoms with Gasteiger partial charge in [0.05, 0.1) is 6.92 Å². The summed E-state index contributed by atoms with van der Waals surface area (Å²) in [7, 11) is 0. The Morgan fingerprint density at radius 1 is 1.73 bits per heavy atom. The normalized spacial score (nSPS) is 25.3. The molecule has 0 saturated carbocycles. The molecule has 1 saturated heterocycles. The highest BCUT2D eigenvalue weighted by Crippen LogP contribution is 2.15. The molecule has 1 fully saturated rings. The summed E-state index contributed by atoms with van der Waals surface area (Å²) in [5.74, 6) is -0.139. The molecule has 0 aromatic carbocycles. The summed E-state index contributed by atoms with van der Waals surface area (Å²) >= 11 is 0. The van der Waals surface area contributed by atoms with E-state index in [9.17, 15) is 4.79 Å². The van der Waals surface area contributed by atoms with Gasteiger partial charge in [-0.05, 0) is 18.8 Å². The maximum Gasteiger partial charge on any atom is 0.227 e. The summed E-state index contributed by atoms with van der Waals surface area (Å²) in [6, 6.07) is 0. The van der Waals surface area contributed by atoms with E-state index in [1.54, 1.807) is 4.90 Å². The van der Waals surface area contributed by atoms with Gasteiger partial charge in [0, 0.05) is 19.7 Å². The van der Waals surface area contributed by atoms with Crippen molar-refractivity contribution in [1.29, 1.82) is 0 Å². The van der Waals surface area contributed by atoms with E-state index in [0.29, 0.717) is 6.54 Å². The second kappa shape index (κ2) is 3.72. The zero-order valence-electron chi connectivity index (χ0n) is 6.49. The first-order valence-corrected chi connectivity index (χ1v) is 3.89. The molecule has 1 rings (SSSR count). The van der Waals surface area contributed by atoms with Crippen molar-refractivity contribution in [2.45, 2.75) is 12.8 Å². The molecule has 62 valence electrons. The van der Waals surface area contributed by atoms with Gasteiger partial charge in [-0.15, -0.1) is 0 Å². The van der Waals surface area contributed by atoms with Crippen LogP contribution in [0.3, 0.4) is 0 Å². The quantitative estimate of drug-likeness (QED) is 0.575. The van der Waals surface area contributed by atoms with Gasteiger partial charge in [-0.1, -0.05) is 0 Å². The maximum absolute atomic E-state index is 10.7. The predicted molar refractivity (Wildman–Crippen MR) is 40.7 cm³/mol. The highest BCUT2D eigenvalue weighted by molar-refractivity contribution is 5.80. The highest BCUT2D eigenvalue weighted by atomic mass is 16.3. The molecule has 3 heteroatoms. The third-order valence-electron chi connectivity index (χ3n) is 2.09. The zero-order valence-corrected chi connectivity index (χ0v) is 6.49. The summed E-state index contributed by atoms with van der Waals surface area (Å²) in [5.41, 5.74) is 0. The number of carbonyl (C=O) groups excluding carboxylic acids is 1. The first-order valence-electron chi connectivity index (χ1n) is 3.89. The number of rotatable bonds is 1. The number of carbonyl (C=O) groups is 1. The van der Waals surface area contributed by atoms with Crippen LogP contribution in [0.25, 0.3) is 0 Å². The molecule has 1 aliphatic rings. The van der Waals surface area contributed by atoms with Crippen LogP contribution in [-0.4, -0.2) is 35.6 Å². The Labute approximate surface area is 67.0 Å². The lowest BCUT2D eigenvalue weighted by Crippen LogP contribution is -2.39. The summed E-state index contributed by atoms with van der Waals surface area (Å²) in [4.78, 5) is 12.3. The Morgan fingerprint density at radius 3 is 3.00 bits per heavy atom. The van der Waals surface area contributed by atoms with Crippen LogP contribution in [0.2, 0.25) is 0 Å². The van der Waals surface area contributed by atoms with Crippen LogP contribution in [0.1, 0.15) is 12.8 Å². The van der Waals surface area contributed by atoms with Crippen molar-refractivity contribution in [3.05, 3.63) is 6.92 Å². The predicted octanol–water partition coefficient (Wildman–Crippen LogP) is -0.0716. The van der Waals surface area contributed by atoms with Crippen molar-refractivity contribution in [2.75, 3.05) is 19.7 Å². The smallest absolute Gasteiger partial charge is 0.227 e. The summed E-state index contributed by atoms with van der Waals surface area (Å²) < 4.78 is 0. The van der Waals surface area contributed by atoms with Crippen molar-refractivity contribution >= 4 is 5.91 Å². The number of likely N-dealkylation sites (tertiary alicyclic amines) is 1.